The number of phenols is 1. The molecule has 0 spiro atoms. The molecule has 20 heavy (non-hydrogen) atoms. The van der Waals surface area contributed by atoms with E-state index in [4.69, 9.17) is 0 Å². The van der Waals surface area contributed by atoms with E-state index in [1.165, 1.54) is 16.7 Å². The summed E-state index contributed by atoms with van der Waals surface area (Å²) in [6.07, 6.45) is 1.09. The summed E-state index contributed by atoms with van der Waals surface area (Å²) < 4.78 is 0. The number of aromatic hydroxyl groups is 1. The fraction of sp³-hybridized carbons (Fsp3) is 0.294. The van der Waals surface area contributed by atoms with Crippen LogP contribution in [0.15, 0.2) is 48.5 Å². The highest BCUT2D eigenvalue weighted by atomic mass is 16.3. The Morgan fingerprint density at radius 2 is 1.90 bits per heavy atom. The largest absolute Gasteiger partial charge is 0.508 e. The lowest BCUT2D eigenvalue weighted by Gasteiger charge is -2.19. The molecule has 1 atom stereocenters. The van der Waals surface area contributed by atoms with Gasteiger partial charge in [-0.1, -0.05) is 36.4 Å². The Hall–Kier alpha value is -1.84. The number of rotatable bonds is 3. The van der Waals surface area contributed by atoms with Crippen molar-refractivity contribution in [1.29, 1.82) is 0 Å². The molecule has 3 heteroatoms. The molecule has 2 aromatic carbocycles. The molecule has 2 aromatic rings. The molecule has 1 unspecified atom stereocenters. The minimum Gasteiger partial charge on any atom is -0.508 e. The number of fused-ring (bicyclic) bond motifs is 1. The SMILES string of the molecule is Oc1ccc(CNC2CCNCc3ccccc32)cc1. The van der Waals surface area contributed by atoms with Gasteiger partial charge in [0.2, 0.25) is 0 Å². The number of nitrogens with one attached hydrogen (secondary N) is 2. The van der Waals surface area contributed by atoms with Gasteiger partial charge in [-0.25, -0.2) is 0 Å². The Balaban J connectivity index is 1.72. The highest BCUT2D eigenvalue weighted by Crippen LogP contribution is 2.24. The first-order chi connectivity index (χ1) is 9.83. The fourth-order valence-electron chi connectivity index (χ4n) is 2.73. The van der Waals surface area contributed by atoms with E-state index in [-0.39, 0.29) is 0 Å². The second-order valence-electron chi connectivity index (χ2n) is 5.26. The van der Waals surface area contributed by atoms with E-state index in [0.29, 0.717) is 11.8 Å². The molecule has 0 aliphatic carbocycles. The average molecular weight is 268 g/mol. The summed E-state index contributed by atoms with van der Waals surface area (Å²) in [6.45, 7) is 2.80. The molecule has 3 N–H and O–H groups in total. The van der Waals surface area contributed by atoms with Crippen molar-refractivity contribution in [1.82, 2.24) is 10.6 Å². The molecule has 3 nitrogen and oxygen atoms in total. The molecule has 104 valence electrons. The van der Waals surface area contributed by atoms with E-state index in [9.17, 15) is 5.11 Å². The maximum Gasteiger partial charge on any atom is 0.115 e. The summed E-state index contributed by atoms with van der Waals surface area (Å²) in [5, 5.41) is 16.4. The average Bonchev–Trinajstić information content (AvgIpc) is 2.69. The van der Waals surface area contributed by atoms with Crippen LogP contribution in [0.4, 0.5) is 0 Å². The third kappa shape index (κ3) is 3.00. The standard InChI is InChI=1S/C17H20N2O/c20-15-7-5-13(6-8-15)11-19-17-9-10-18-12-14-3-1-2-4-16(14)17/h1-8,17-20H,9-12H2. The normalized spacial score (nSPS) is 18.3. The molecular weight excluding hydrogens is 248 g/mol. The van der Waals surface area contributed by atoms with Gasteiger partial charge in [-0.2, -0.15) is 0 Å². The van der Waals surface area contributed by atoms with Crippen LogP contribution in [0.3, 0.4) is 0 Å². The lowest BCUT2D eigenvalue weighted by molar-refractivity contribution is 0.473. The first-order valence-corrected chi connectivity index (χ1v) is 7.13. The Morgan fingerprint density at radius 1 is 1.10 bits per heavy atom. The highest BCUT2D eigenvalue weighted by molar-refractivity contribution is 5.31. The monoisotopic (exact) mass is 268 g/mol. The molecule has 0 aromatic heterocycles. The van der Waals surface area contributed by atoms with Crippen molar-refractivity contribution in [2.75, 3.05) is 6.54 Å². The smallest absolute Gasteiger partial charge is 0.115 e. The van der Waals surface area contributed by atoms with E-state index in [2.05, 4.69) is 34.9 Å². The minimum absolute atomic E-state index is 0.317. The number of phenolic OH excluding ortho intramolecular Hbond substituents is 1. The van der Waals surface area contributed by atoms with Gasteiger partial charge in [0.15, 0.2) is 0 Å². The van der Waals surface area contributed by atoms with Crippen molar-refractivity contribution in [3.05, 3.63) is 65.2 Å². The fourth-order valence-corrected chi connectivity index (χ4v) is 2.73. The minimum atomic E-state index is 0.317. The Morgan fingerprint density at radius 3 is 2.75 bits per heavy atom. The van der Waals surface area contributed by atoms with Gasteiger partial charge in [-0.15, -0.1) is 0 Å². The summed E-state index contributed by atoms with van der Waals surface area (Å²) in [4.78, 5) is 0. The van der Waals surface area contributed by atoms with Crippen LogP contribution in [0.1, 0.15) is 29.2 Å². The van der Waals surface area contributed by atoms with Crippen molar-refractivity contribution in [2.45, 2.75) is 25.6 Å². The van der Waals surface area contributed by atoms with Gasteiger partial charge in [-0.3, -0.25) is 0 Å². The maximum atomic E-state index is 9.31. The lowest BCUT2D eigenvalue weighted by atomic mass is 9.99. The van der Waals surface area contributed by atoms with Crippen molar-refractivity contribution >= 4 is 0 Å². The van der Waals surface area contributed by atoms with E-state index in [0.717, 1.165) is 26.1 Å². The van der Waals surface area contributed by atoms with Crippen molar-refractivity contribution in [2.24, 2.45) is 0 Å². The van der Waals surface area contributed by atoms with Gasteiger partial charge in [0.05, 0.1) is 0 Å². The molecule has 0 saturated carbocycles. The summed E-state index contributed by atoms with van der Waals surface area (Å²) in [5.74, 6) is 0.317. The van der Waals surface area contributed by atoms with Crippen molar-refractivity contribution < 1.29 is 5.11 Å². The van der Waals surface area contributed by atoms with Crippen molar-refractivity contribution in [3.8, 4) is 5.75 Å². The van der Waals surface area contributed by atoms with Gasteiger partial charge >= 0.3 is 0 Å². The molecule has 1 aliphatic rings. The molecule has 0 fully saturated rings. The lowest BCUT2D eigenvalue weighted by Crippen LogP contribution is -2.22. The van der Waals surface area contributed by atoms with Crippen LogP contribution in [0.5, 0.6) is 5.75 Å². The van der Waals surface area contributed by atoms with Crippen LogP contribution in [0, 0.1) is 0 Å². The third-order valence-corrected chi connectivity index (χ3v) is 3.84. The first-order valence-electron chi connectivity index (χ1n) is 7.13. The molecule has 0 amide bonds. The zero-order chi connectivity index (χ0) is 13.8. The van der Waals surface area contributed by atoms with Gasteiger partial charge < -0.3 is 15.7 Å². The Kier molecular flexibility index (Phi) is 4.00. The van der Waals surface area contributed by atoms with Crippen LogP contribution in [-0.2, 0) is 13.1 Å². The molecule has 1 heterocycles. The van der Waals surface area contributed by atoms with Crippen LogP contribution in [0.2, 0.25) is 0 Å². The second-order valence-corrected chi connectivity index (χ2v) is 5.26. The third-order valence-electron chi connectivity index (χ3n) is 3.84. The van der Waals surface area contributed by atoms with Gasteiger partial charge in [0, 0.05) is 19.1 Å². The molecule has 3 rings (SSSR count). The summed E-state index contributed by atoms with van der Waals surface area (Å²) >= 11 is 0. The van der Waals surface area contributed by atoms with Crippen LogP contribution >= 0.6 is 0 Å². The second kappa shape index (κ2) is 6.07. The van der Waals surface area contributed by atoms with Crippen LogP contribution < -0.4 is 10.6 Å². The van der Waals surface area contributed by atoms with Gasteiger partial charge in [0.1, 0.15) is 5.75 Å². The van der Waals surface area contributed by atoms with E-state index in [1.807, 2.05) is 12.1 Å². The van der Waals surface area contributed by atoms with Gasteiger partial charge in [-0.05, 0) is 41.8 Å². The Bertz CT molecular complexity index is 565. The predicted molar refractivity (Wildman–Crippen MR) is 80.5 cm³/mol. The molecule has 0 bridgehead atoms. The van der Waals surface area contributed by atoms with E-state index >= 15 is 0 Å². The zero-order valence-corrected chi connectivity index (χ0v) is 11.5. The van der Waals surface area contributed by atoms with Crippen LogP contribution in [-0.4, -0.2) is 11.7 Å². The summed E-state index contributed by atoms with van der Waals surface area (Å²) in [7, 11) is 0. The maximum absolute atomic E-state index is 9.31. The Labute approximate surface area is 119 Å². The van der Waals surface area contributed by atoms with Gasteiger partial charge in [0.25, 0.3) is 0 Å². The van der Waals surface area contributed by atoms with E-state index in [1.54, 1.807) is 12.1 Å². The molecule has 0 radical (unpaired) electrons. The number of hydrogen-bond donors (Lipinski definition) is 3. The number of benzene rings is 2. The first kappa shape index (κ1) is 13.2. The molecule has 1 aliphatic heterocycles. The van der Waals surface area contributed by atoms with Crippen LogP contribution in [0.25, 0.3) is 0 Å². The van der Waals surface area contributed by atoms with Crippen molar-refractivity contribution in [3.63, 3.8) is 0 Å². The quantitative estimate of drug-likeness (QED) is 0.802. The molecular formula is C17H20N2O. The number of hydrogen-bond acceptors (Lipinski definition) is 3. The zero-order valence-electron chi connectivity index (χ0n) is 11.5. The predicted octanol–water partition coefficient (Wildman–Crippen LogP) is 2.72. The topological polar surface area (TPSA) is 44.3 Å². The van der Waals surface area contributed by atoms with E-state index < -0.39 is 0 Å². The highest BCUT2D eigenvalue weighted by Gasteiger charge is 2.17. The summed E-state index contributed by atoms with van der Waals surface area (Å²) in [6, 6.07) is 16.4. The summed E-state index contributed by atoms with van der Waals surface area (Å²) in [5.41, 5.74) is 3.97. The molecule has 0 saturated heterocycles.